The van der Waals surface area contributed by atoms with E-state index in [2.05, 4.69) is 30.3 Å². The normalized spacial score (nSPS) is 42.0. The molecule has 0 spiro atoms. The number of carbonyl (C=O) groups is 1. The average molecular weight is 676 g/mol. The third-order valence-corrected chi connectivity index (χ3v) is 9.36. The molecule has 5 unspecified atom stereocenters. The molecule has 25 heteroatoms. The number of rotatable bonds is 2. The topological polar surface area (TPSA) is 301 Å². The van der Waals surface area contributed by atoms with Crippen LogP contribution in [-0.2, 0) is 41.5 Å². The van der Waals surface area contributed by atoms with Crippen LogP contribution >= 0.6 is 15.6 Å². The minimum atomic E-state index is -5.20. The molecule has 45 heavy (non-hydrogen) atoms. The second kappa shape index (κ2) is 10.9. The number of nitrogens with zero attached hydrogens (tertiary/aromatic N) is 7. The number of aliphatic hydroxyl groups excluding tert-OH is 1. The highest BCUT2D eigenvalue weighted by Gasteiger charge is 2.56. The van der Waals surface area contributed by atoms with Gasteiger partial charge in [0, 0.05) is 0 Å². The summed E-state index contributed by atoms with van der Waals surface area (Å²) >= 11 is 0. The number of hydrogen-bond acceptors (Lipinski definition) is 17. The minimum Gasteiger partial charge on any atom is -0.386 e. The molecule has 5 aliphatic rings. The molecule has 242 valence electrons. The Labute approximate surface area is 249 Å². The predicted octanol–water partition coefficient (Wildman–Crippen LogP) is -2.08. The second-order valence-corrected chi connectivity index (χ2v) is 13.0. The number of aliphatic hydroxyl groups is 1. The Balaban J connectivity index is 1.17. The first-order chi connectivity index (χ1) is 21.3. The Bertz CT molecular complexity index is 1730. The number of alkyl halides is 1. The van der Waals surface area contributed by atoms with Gasteiger partial charge in [-0.25, -0.2) is 28.5 Å². The number of phosphoric ester groups is 2. The van der Waals surface area contributed by atoms with Gasteiger partial charge in [0.15, 0.2) is 42.0 Å². The Morgan fingerprint density at radius 1 is 1.04 bits per heavy atom. The Morgan fingerprint density at radius 2 is 1.73 bits per heavy atom. The van der Waals surface area contributed by atoms with Crippen LogP contribution in [0.3, 0.4) is 0 Å². The van der Waals surface area contributed by atoms with Gasteiger partial charge >= 0.3 is 15.6 Å². The van der Waals surface area contributed by atoms with Crippen molar-refractivity contribution >= 4 is 56.7 Å². The van der Waals surface area contributed by atoms with Crippen LogP contribution in [0.2, 0.25) is 0 Å². The number of carbonyl (C=O) groups excluding carboxylic acids is 1. The highest BCUT2D eigenvalue weighted by atomic mass is 31.2. The van der Waals surface area contributed by atoms with Gasteiger partial charge in [-0.15, -0.1) is 0 Å². The molecular weight excluding hydrogens is 653 g/mol. The van der Waals surface area contributed by atoms with Gasteiger partial charge in [-0.1, -0.05) is 0 Å². The number of phosphoric acid groups is 2. The molecular formula is C20H23FN10O12P2. The van der Waals surface area contributed by atoms with E-state index in [0.29, 0.717) is 0 Å². The Morgan fingerprint density at radius 3 is 2.49 bits per heavy atom. The van der Waals surface area contributed by atoms with Crippen LogP contribution in [0, 0.1) is 5.41 Å². The number of aromatic nitrogens is 4. The van der Waals surface area contributed by atoms with E-state index in [1.165, 1.54) is 10.9 Å². The fourth-order valence-electron chi connectivity index (χ4n) is 5.37. The van der Waals surface area contributed by atoms with Gasteiger partial charge in [0.05, 0.1) is 25.9 Å². The lowest BCUT2D eigenvalue weighted by Crippen LogP contribution is -2.53. The lowest BCUT2D eigenvalue weighted by molar-refractivity contribution is -0.119. The SMILES string of the molecule is N=C1N=C2C(N=CN2[C@@H]2O[C@@H]3COP(=O)(O)OC4[C@@H](COP(=O)(O)O[C@H]2C3F)O[C@@H](n2cnc3c(N)ncnc32)[C@H]4O)C(=O)N1. The van der Waals surface area contributed by atoms with Crippen molar-refractivity contribution in [1.29, 1.82) is 5.41 Å². The van der Waals surface area contributed by atoms with Crippen molar-refractivity contribution in [2.24, 2.45) is 9.98 Å². The summed E-state index contributed by atoms with van der Waals surface area (Å²) in [5, 5.41) is 21.0. The van der Waals surface area contributed by atoms with Crippen molar-refractivity contribution in [2.45, 2.75) is 55.2 Å². The molecule has 0 aromatic carbocycles. The van der Waals surface area contributed by atoms with Crippen LogP contribution in [0.5, 0.6) is 0 Å². The summed E-state index contributed by atoms with van der Waals surface area (Å²) < 4.78 is 75.0. The lowest BCUT2D eigenvalue weighted by atomic mass is 10.1. The van der Waals surface area contributed by atoms with Gasteiger partial charge in [0.1, 0.15) is 42.4 Å². The zero-order chi connectivity index (χ0) is 31.8. The number of anilines is 1. The zero-order valence-electron chi connectivity index (χ0n) is 22.3. The van der Waals surface area contributed by atoms with Crippen molar-refractivity contribution in [1.82, 2.24) is 29.7 Å². The smallest absolute Gasteiger partial charge is 0.386 e. The lowest BCUT2D eigenvalue weighted by Gasteiger charge is -2.30. The van der Waals surface area contributed by atoms with Crippen molar-refractivity contribution < 1.29 is 60.8 Å². The second-order valence-electron chi connectivity index (χ2n) is 10.2. The molecule has 0 saturated carbocycles. The number of amides is 1. The summed E-state index contributed by atoms with van der Waals surface area (Å²) in [7, 11) is -10.3. The molecule has 2 bridgehead atoms. The van der Waals surface area contributed by atoms with E-state index in [0.717, 1.165) is 17.6 Å². The molecule has 3 saturated heterocycles. The number of nitrogens with one attached hydrogen (secondary N) is 2. The molecule has 0 radical (unpaired) electrons. The number of amidine groups is 1. The quantitative estimate of drug-likeness (QED) is 0.186. The van der Waals surface area contributed by atoms with E-state index in [1.54, 1.807) is 0 Å². The highest BCUT2D eigenvalue weighted by molar-refractivity contribution is 7.47. The molecule has 7 rings (SSSR count). The molecule has 5 aliphatic heterocycles. The van der Waals surface area contributed by atoms with Crippen LogP contribution in [0.4, 0.5) is 10.2 Å². The molecule has 7 heterocycles. The fraction of sp³-hybridized carbons (Fsp3) is 0.550. The first-order valence-corrected chi connectivity index (χ1v) is 16.0. The molecule has 3 fully saturated rings. The monoisotopic (exact) mass is 676 g/mol. The first kappa shape index (κ1) is 30.3. The van der Waals surface area contributed by atoms with Crippen molar-refractivity contribution in [3.05, 3.63) is 12.7 Å². The van der Waals surface area contributed by atoms with Gasteiger partial charge in [0.2, 0.25) is 5.96 Å². The standard InChI is InChI=1S/C20H23FN10O12P2/c21-8-6-1-38-44(34,35)42-12-7(41-18(11(12)32)30-4-26-9-14(22)24-3-25-15(9)30)2-39-45(36,37)43-13(8)19(40-6)31-5-27-10-16(31)28-20(23)29-17(10)33/h3-8,10-13,18-19,32H,1-2H2,(H,34,35)(H,36,37)(H2,22,24,25)(H2,23,29,33)/t6-,7-,8?,10?,11+,12?,13+,18-,19-/m1/s1. The van der Waals surface area contributed by atoms with Gasteiger partial charge < -0.3 is 30.1 Å². The van der Waals surface area contributed by atoms with Crippen molar-refractivity contribution in [3.8, 4) is 0 Å². The number of nitrogens with two attached hydrogens (primary N) is 1. The van der Waals surface area contributed by atoms with Gasteiger partial charge in [-0.2, -0.15) is 4.99 Å². The first-order valence-electron chi connectivity index (χ1n) is 13.0. The average Bonchev–Trinajstić information content (AvgIpc) is 3.72. The van der Waals surface area contributed by atoms with Crippen molar-refractivity contribution in [2.75, 3.05) is 18.9 Å². The van der Waals surface area contributed by atoms with Crippen LogP contribution < -0.4 is 11.1 Å². The fourth-order valence-corrected chi connectivity index (χ4v) is 7.26. The van der Waals surface area contributed by atoms with Crippen molar-refractivity contribution in [3.63, 3.8) is 0 Å². The maximum absolute atomic E-state index is 15.7. The number of imidazole rings is 1. The summed E-state index contributed by atoms with van der Waals surface area (Å²) in [6.45, 7) is -1.83. The minimum absolute atomic E-state index is 0.0223. The molecule has 0 aliphatic carbocycles. The number of aliphatic imine (C=N–C) groups is 2. The van der Waals surface area contributed by atoms with E-state index in [1.807, 2.05) is 0 Å². The highest BCUT2D eigenvalue weighted by Crippen LogP contribution is 2.53. The summed E-state index contributed by atoms with van der Waals surface area (Å²) in [5.74, 6) is -1.40. The Kier molecular flexibility index (Phi) is 7.33. The van der Waals surface area contributed by atoms with Crippen LogP contribution in [-0.4, -0.2) is 126 Å². The van der Waals surface area contributed by atoms with E-state index >= 15 is 4.39 Å². The van der Waals surface area contributed by atoms with Crippen LogP contribution in [0.1, 0.15) is 6.23 Å². The van der Waals surface area contributed by atoms with Gasteiger partial charge in [-0.3, -0.25) is 48.1 Å². The maximum atomic E-state index is 15.7. The molecule has 1 amide bonds. The number of hydrogen-bond donors (Lipinski definition) is 6. The molecule has 11 atom stereocenters. The Hall–Kier alpha value is -3.34. The van der Waals surface area contributed by atoms with E-state index in [9.17, 15) is 28.8 Å². The summed E-state index contributed by atoms with van der Waals surface area (Å²) in [6, 6.07) is -1.23. The zero-order valence-corrected chi connectivity index (χ0v) is 24.1. The predicted molar refractivity (Wildman–Crippen MR) is 142 cm³/mol. The van der Waals surface area contributed by atoms with E-state index in [4.69, 9.17) is 38.7 Å². The van der Waals surface area contributed by atoms with Gasteiger partial charge in [0.25, 0.3) is 5.91 Å². The molecule has 2 aromatic heterocycles. The maximum Gasteiger partial charge on any atom is 0.472 e. The number of ether oxygens (including phenoxy) is 2. The summed E-state index contributed by atoms with van der Waals surface area (Å²) in [4.78, 5) is 54.3. The third kappa shape index (κ3) is 5.34. The molecule has 22 nitrogen and oxygen atoms in total. The van der Waals surface area contributed by atoms with E-state index < -0.39 is 95.9 Å². The van der Waals surface area contributed by atoms with Gasteiger partial charge in [-0.05, 0) is 0 Å². The number of halogens is 1. The number of guanidine groups is 1. The number of nitrogen functional groups attached to an aromatic ring is 1. The molecule has 2 aromatic rings. The summed E-state index contributed by atoms with van der Waals surface area (Å²) in [5.41, 5.74) is 6.10. The third-order valence-electron chi connectivity index (χ3n) is 7.39. The van der Waals surface area contributed by atoms with E-state index in [-0.39, 0.29) is 22.8 Å². The number of fused-ring (bicyclic) bond motifs is 5. The largest absolute Gasteiger partial charge is 0.472 e. The van der Waals surface area contributed by atoms with Crippen LogP contribution in [0.25, 0.3) is 11.2 Å². The molecule has 7 N–H and O–H groups in total. The van der Waals surface area contributed by atoms with Crippen LogP contribution in [0.15, 0.2) is 22.6 Å². The summed E-state index contributed by atoms with van der Waals surface area (Å²) in [6.07, 6.45) is -10.5.